The molecule has 0 radical (unpaired) electrons. The molecule has 2 aromatic heterocycles. The van der Waals surface area contributed by atoms with Crippen LogP contribution in [0.4, 0.5) is 22.1 Å². The Kier molecular flexibility index (Phi) is 5.71. The SMILES string of the molecule is Nc1ncc(C#Cc2cccc(NC(=O)Nc3cc(Cl)nc(Cl)c3)c2)cn1. The third-order valence-corrected chi connectivity index (χ3v) is 3.55. The number of pyridine rings is 1. The van der Waals surface area contributed by atoms with Crippen LogP contribution in [0.3, 0.4) is 0 Å². The van der Waals surface area contributed by atoms with Crippen LogP contribution in [0.2, 0.25) is 10.3 Å². The first kappa shape index (κ1) is 18.5. The van der Waals surface area contributed by atoms with E-state index >= 15 is 0 Å². The largest absolute Gasteiger partial charge is 0.368 e. The van der Waals surface area contributed by atoms with Crippen LogP contribution >= 0.6 is 23.2 Å². The maximum absolute atomic E-state index is 12.1. The van der Waals surface area contributed by atoms with Crippen LogP contribution < -0.4 is 16.4 Å². The molecule has 0 aliphatic heterocycles. The lowest BCUT2D eigenvalue weighted by Crippen LogP contribution is -2.19. The van der Waals surface area contributed by atoms with Crippen LogP contribution in [0.5, 0.6) is 0 Å². The summed E-state index contributed by atoms with van der Waals surface area (Å²) in [6, 6.07) is 9.59. The van der Waals surface area contributed by atoms with Gasteiger partial charge in [0.2, 0.25) is 5.95 Å². The normalized spacial score (nSPS) is 9.85. The first-order valence-corrected chi connectivity index (χ1v) is 8.34. The summed E-state index contributed by atoms with van der Waals surface area (Å²) in [5.41, 5.74) is 7.77. The third-order valence-electron chi connectivity index (χ3n) is 3.16. The molecule has 0 atom stereocenters. The quantitative estimate of drug-likeness (QED) is 0.449. The highest BCUT2D eigenvalue weighted by Gasteiger charge is 2.05. The summed E-state index contributed by atoms with van der Waals surface area (Å²) in [6.07, 6.45) is 3.08. The van der Waals surface area contributed by atoms with Gasteiger partial charge in [-0.15, -0.1) is 0 Å². The standard InChI is InChI=1S/C18H12Cl2N6O/c19-15-7-14(8-16(20)26-15)25-18(27)24-13-3-1-2-11(6-13)4-5-12-9-22-17(21)23-10-12/h1-3,6-10H,(H2,21,22,23)(H2,24,25,26,27). The highest BCUT2D eigenvalue weighted by Crippen LogP contribution is 2.19. The lowest BCUT2D eigenvalue weighted by atomic mass is 10.2. The van der Waals surface area contributed by atoms with E-state index in [1.807, 2.05) is 6.07 Å². The highest BCUT2D eigenvalue weighted by atomic mass is 35.5. The zero-order valence-corrected chi connectivity index (χ0v) is 15.2. The van der Waals surface area contributed by atoms with Gasteiger partial charge in [-0.2, -0.15) is 0 Å². The zero-order valence-electron chi connectivity index (χ0n) is 13.7. The number of rotatable bonds is 2. The maximum Gasteiger partial charge on any atom is 0.323 e. The maximum atomic E-state index is 12.1. The van der Waals surface area contributed by atoms with Gasteiger partial charge in [0.1, 0.15) is 10.3 Å². The average Bonchev–Trinajstić information content (AvgIpc) is 2.60. The van der Waals surface area contributed by atoms with Gasteiger partial charge >= 0.3 is 6.03 Å². The number of urea groups is 1. The summed E-state index contributed by atoms with van der Waals surface area (Å²) >= 11 is 11.6. The summed E-state index contributed by atoms with van der Waals surface area (Å²) in [6.45, 7) is 0. The fourth-order valence-electron chi connectivity index (χ4n) is 2.05. The second-order valence-corrected chi connectivity index (χ2v) is 6.02. The van der Waals surface area contributed by atoms with E-state index in [1.165, 1.54) is 24.5 Å². The van der Waals surface area contributed by atoms with Gasteiger partial charge in [0, 0.05) is 29.3 Å². The average molecular weight is 399 g/mol. The van der Waals surface area contributed by atoms with Crippen molar-refractivity contribution in [3.8, 4) is 11.8 Å². The van der Waals surface area contributed by atoms with Gasteiger partial charge in [-0.3, -0.25) is 0 Å². The van der Waals surface area contributed by atoms with Crippen molar-refractivity contribution in [1.29, 1.82) is 0 Å². The number of hydrogen-bond acceptors (Lipinski definition) is 5. The number of nitrogen functional groups attached to an aromatic ring is 1. The van der Waals surface area contributed by atoms with Crippen molar-refractivity contribution < 1.29 is 4.79 Å². The molecule has 2 heterocycles. The van der Waals surface area contributed by atoms with Gasteiger partial charge in [0.05, 0.1) is 5.56 Å². The van der Waals surface area contributed by atoms with E-state index in [0.29, 0.717) is 22.5 Å². The summed E-state index contributed by atoms with van der Waals surface area (Å²) in [4.78, 5) is 23.7. The molecule has 134 valence electrons. The molecule has 3 rings (SSSR count). The van der Waals surface area contributed by atoms with E-state index in [2.05, 4.69) is 37.4 Å². The number of halogens is 2. The summed E-state index contributed by atoms with van der Waals surface area (Å²) in [7, 11) is 0. The summed E-state index contributed by atoms with van der Waals surface area (Å²) in [5, 5.41) is 5.71. The Hall–Kier alpha value is -3.34. The molecule has 1 aromatic carbocycles. The number of aromatic nitrogens is 3. The van der Waals surface area contributed by atoms with Crippen molar-refractivity contribution in [3.63, 3.8) is 0 Å². The molecule has 2 amide bonds. The van der Waals surface area contributed by atoms with Gasteiger partial charge in [0.25, 0.3) is 0 Å². The second-order valence-electron chi connectivity index (χ2n) is 5.24. The van der Waals surface area contributed by atoms with E-state index in [4.69, 9.17) is 28.9 Å². The van der Waals surface area contributed by atoms with Crippen molar-refractivity contribution in [2.45, 2.75) is 0 Å². The number of hydrogen-bond donors (Lipinski definition) is 3. The first-order valence-electron chi connectivity index (χ1n) is 7.59. The van der Waals surface area contributed by atoms with Crippen molar-refractivity contribution in [2.24, 2.45) is 0 Å². The molecular formula is C18H12Cl2N6O. The Morgan fingerprint density at radius 2 is 1.56 bits per heavy atom. The molecule has 3 aromatic rings. The Bertz CT molecular complexity index is 1020. The monoisotopic (exact) mass is 398 g/mol. The van der Waals surface area contributed by atoms with Gasteiger partial charge in [-0.25, -0.2) is 19.7 Å². The number of carbonyl (C=O) groups is 1. The molecule has 0 fully saturated rings. The Morgan fingerprint density at radius 1 is 0.926 bits per heavy atom. The molecular weight excluding hydrogens is 387 g/mol. The van der Waals surface area contributed by atoms with Crippen LogP contribution in [0.25, 0.3) is 0 Å². The predicted molar refractivity (Wildman–Crippen MR) is 106 cm³/mol. The fourth-order valence-corrected chi connectivity index (χ4v) is 2.51. The summed E-state index contributed by atoms with van der Waals surface area (Å²) < 4.78 is 0. The van der Waals surface area contributed by atoms with Gasteiger partial charge < -0.3 is 16.4 Å². The molecule has 4 N–H and O–H groups in total. The molecule has 0 spiro atoms. The summed E-state index contributed by atoms with van der Waals surface area (Å²) in [5.74, 6) is 6.09. The van der Waals surface area contributed by atoms with Gasteiger partial charge in [-0.1, -0.05) is 41.1 Å². The minimum absolute atomic E-state index is 0.182. The van der Waals surface area contributed by atoms with Crippen molar-refractivity contribution in [2.75, 3.05) is 16.4 Å². The van der Waals surface area contributed by atoms with Crippen LogP contribution in [-0.2, 0) is 0 Å². The second kappa shape index (κ2) is 8.36. The number of amides is 2. The number of benzene rings is 1. The predicted octanol–water partition coefficient (Wildman–Crippen LogP) is 3.80. The van der Waals surface area contributed by atoms with E-state index in [0.717, 1.165) is 0 Å². The van der Waals surface area contributed by atoms with Gasteiger partial charge in [-0.05, 0) is 30.3 Å². The molecule has 9 heteroatoms. The Morgan fingerprint density at radius 3 is 2.26 bits per heavy atom. The number of anilines is 3. The van der Waals surface area contributed by atoms with E-state index in [-0.39, 0.29) is 16.3 Å². The zero-order chi connectivity index (χ0) is 19.2. The number of nitrogens with zero attached hydrogens (tertiary/aromatic N) is 3. The van der Waals surface area contributed by atoms with Gasteiger partial charge in [0.15, 0.2) is 0 Å². The third kappa shape index (κ3) is 5.57. The molecule has 27 heavy (non-hydrogen) atoms. The van der Waals surface area contributed by atoms with Crippen molar-refractivity contribution in [1.82, 2.24) is 15.0 Å². The number of nitrogens with two attached hydrogens (primary N) is 1. The molecule has 0 unspecified atom stereocenters. The van der Waals surface area contributed by atoms with Crippen LogP contribution in [-0.4, -0.2) is 21.0 Å². The minimum atomic E-state index is -0.453. The molecule has 0 saturated carbocycles. The minimum Gasteiger partial charge on any atom is -0.368 e. The van der Waals surface area contributed by atoms with E-state index in [9.17, 15) is 4.79 Å². The van der Waals surface area contributed by atoms with Crippen LogP contribution in [0, 0.1) is 11.8 Å². The molecule has 0 aliphatic rings. The van der Waals surface area contributed by atoms with E-state index in [1.54, 1.807) is 18.2 Å². The van der Waals surface area contributed by atoms with Crippen LogP contribution in [0.1, 0.15) is 11.1 Å². The fraction of sp³-hybridized carbons (Fsp3) is 0. The Labute approximate surface area is 165 Å². The van der Waals surface area contributed by atoms with Crippen molar-refractivity contribution >= 4 is 46.6 Å². The van der Waals surface area contributed by atoms with E-state index < -0.39 is 6.03 Å². The number of nitrogens with one attached hydrogen (secondary N) is 2. The smallest absolute Gasteiger partial charge is 0.323 e. The topological polar surface area (TPSA) is 106 Å². The van der Waals surface area contributed by atoms with Crippen molar-refractivity contribution in [3.05, 3.63) is 70.2 Å². The molecule has 0 saturated heterocycles. The van der Waals surface area contributed by atoms with Crippen LogP contribution in [0.15, 0.2) is 48.8 Å². The number of carbonyl (C=O) groups excluding carboxylic acids is 1. The molecule has 7 nitrogen and oxygen atoms in total. The first-order chi connectivity index (χ1) is 13.0. The Balaban J connectivity index is 1.68. The highest BCUT2D eigenvalue weighted by molar-refractivity contribution is 6.33. The lowest BCUT2D eigenvalue weighted by Gasteiger charge is -2.08. The molecule has 0 bridgehead atoms. The lowest BCUT2D eigenvalue weighted by molar-refractivity contribution is 0.262. The molecule has 0 aliphatic carbocycles.